The third-order valence-electron chi connectivity index (χ3n) is 3.45. The van der Waals surface area contributed by atoms with Gasteiger partial charge < -0.3 is 15.4 Å². The number of para-hydroxylation sites is 1. The van der Waals surface area contributed by atoms with Gasteiger partial charge in [0.15, 0.2) is 0 Å². The molecule has 0 unspecified atom stereocenters. The first-order valence-electron chi connectivity index (χ1n) is 7.28. The van der Waals surface area contributed by atoms with Crippen molar-refractivity contribution >= 4 is 0 Å². The molecule has 2 rings (SSSR count). The molecule has 4 heteroatoms. The summed E-state index contributed by atoms with van der Waals surface area (Å²) in [5, 5.41) is 0. The van der Waals surface area contributed by atoms with E-state index >= 15 is 0 Å². The average molecular weight is 285 g/mol. The van der Waals surface area contributed by atoms with E-state index in [1.54, 1.807) is 0 Å². The van der Waals surface area contributed by atoms with Crippen molar-refractivity contribution in [2.24, 2.45) is 5.73 Å². The van der Waals surface area contributed by atoms with E-state index in [0.29, 0.717) is 13.2 Å². The first-order chi connectivity index (χ1) is 10.3. The Morgan fingerprint density at radius 2 is 1.86 bits per heavy atom. The Morgan fingerprint density at radius 1 is 1.10 bits per heavy atom. The van der Waals surface area contributed by atoms with Crippen LogP contribution in [-0.4, -0.2) is 36.6 Å². The van der Waals surface area contributed by atoms with Crippen molar-refractivity contribution in [2.45, 2.75) is 13.0 Å². The fraction of sp³-hybridized carbons (Fsp3) is 0.353. The summed E-state index contributed by atoms with van der Waals surface area (Å²) in [6, 6.07) is 12.0. The normalized spacial score (nSPS) is 10.8. The summed E-state index contributed by atoms with van der Waals surface area (Å²) in [4.78, 5) is 6.30. The largest absolute Gasteiger partial charge is 0.492 e. The highest BCUT2D eigenvalue weighted by Crippen LogP contribution is 2.16. The minimum absolute atomic E-state index is 0.508. The van der Waals surface area contributed by atoms with Crippen LogP contribution in [0.5, 0.6) is 5.75 Å². The van der Waals surface area contributed by atoms with Crippen molar-refractivity contribution in [1.82, 2.24) is 9.88 Å². The van der Waals surface area contributed by atoms with E-state index in [-0.39, 0.29) is 0 Å². The molecule has 2 aromatic rings. The van der Waals surface area contributed by atoms with E-state index in [9.17, 15) is 0 Å². The molecular weight excluding hydrogens is 262 g/mol. The van der Waals surface area contributed by atoms with Gasteiger partial charge in [-0.15, -0.1) is 0 Å². The zero-order valence-electron chi connectivity index (χ0n) is 12.5. The lowest BCUT2D eigenvalue weighted by Gasteiger charge is -2.17. The standard InChI is InChI=1S/C17H23N3O/c1-20(11-8-15-6-9-19-10-7-15)12-13-21-17-5-3-2-4-16(17)14-18/h2-7,9-10H,8,11-14,18H2,1H3. The quantitative estimate of drug-likeness (QED) is 0.807. The number of benzene rings is 1. The predicted molar refractivity (Wildman–Crippen MR) is 85.3 cm³/mol. The van der Waals surface area contributed by atoms with Crippen molar-refractivity contribution in [3.8, 4) is 5.75 Å². The summed E-state index contributed by atoms with van der Waals surface area (Å²) in [7, 11) is 2.11. The smallest absolute Gasteiger partial charge is 0.123 e. The van der Waals surface area contributed by atoms with Crippen LogP contribution in [0.2, 0.25) is 0 Å². The third kappa shape index (κ3) is 5.17. The highest BCUT2D eigenvalue weighted by Gasteiger charge is 2.03. The molecule has 0 amide bonds. The van der Waals surface area contributed by atoms with Gasteiger partial charge in [-0.25, -0.2) is 0 Å². The Morgan fingerprint density at radius 3 is 2.62 bits per heavy atom. The molecule has 21 heavy (non-hydrogen) atoms. The van der Waals surface area contributed by atoms with Gasteiger partial charge in [-0.2, -0.15) is 0 Å². The SMILES string of the molecule is CN(CCOc1ccccc1CN)CCc1ccncc1. The first-order valence-corrected chi connectivity index (χ1v) is 7.28. The van der Waals surface area contributed by atoms with Gasteiger partial charge in [0.05, 0.1) is 0 Å². The highest BCUT2D eigenvalue weighted by molar-refractivity contribution is 5.32. The average Bonchev–Trinajstić information content (AvgIpc) is 2.54. The van der Waals surface area contributed by atoms with E-state index in [1.807, 2.05) is 36.7 Å². The topological polar surface area (TPSA) is 51.4 Å². The number of pyridine rings is 1. The van der Waals surface area contributed by atoms with Crippen molar-refractivity contribution in [2.75, 3.05) is 26.7 Å². The lowest BCUT2D eigenvalue weighted by atomic mass is 10.2. The van der Waals surface area contributed by atoms with Gasteiger partial charge in [-0.05, 0) is 37.2 Å². The zero-order chi connectivity index (χ0) is 14.9. The first kappa shape index (κ1) is 15.5. The molecule has 112 valence electrons. The number of aromatic nitrogens is 1. The summed E-state index contributed by atoms with van der Waals surface area (Å²) >= 11 is 0. The van der Waals surface area contributed by atoms with Crippen LogP contribution in [0.25, 0.3) is 0 Å². The van der Waals surface area contributed by atoms with Gasteiger partial charge in [0, 0.05) is 37.6 Å². The maximum Gasteiger partial charge on any atom is 0.123 e. The van der Waals surface area contributed by atoms with Gasteiger partial charge in [-0.1, -0.05) is 18.2 Å². The van der Waals surface area contributed by atoms with Gasteiger partial charge >= 0.3 is 0 Å². The molecule has 0 atom stereocenters. The Hall–Kier alpha value is -1.91. The lowest BCUT2D eigenvalue weighted by Crippen LogP contribution is -2.26. The molecule has 0 saturated heterocycles. The van der Waals surface area contributed by atoms with Crippen molar-refractivity contribution in [3.05, 3.63) is 59.9 Å². The molecule has 0 fully saturated rings. The number of likely N-dealkylation sites (N-methyl/N-ethyl adjacent to an activating group) is 1. The Bertz CT molecular complexity index is 531. The predicted octanol–water partition coefficient (Wildman–Crippen LogP) is 2.09. The van der Waals surface area contributed by atoms with Gasteiger partial charge in [0.1, 0.15) is 12.4 Å². The molecule has 0 spiro atoms. The highest BCUT2D eigenvalue weighted by atomic mass is 16.5. The molecule has 0 bridgehead atoms. The molecule has 0 saturated carbocycles. The van der Waals surface area contributed by atoms with E-state index in [0.717, 1.165) is 30.8 Å². The van der Waals surface area contributed by atoms with E-state index < -0.39 is 0 Å². The van der Waals surface area contributed by atoms with Crippen LogP contribution in [0.3, 0.4) is 0 Å². The maximum atomic E-state index is 5.82. The molecule has 0 radical (unpaired) electrons. The van der Waals surface area contributed by atoms with Crippen LogP contribution in [0.15, 0.2) is 48.8 Å². The van der Waals surface area contributed by atoms with Crippen LogP contribution in [0.1, 0.15) is 11.1 Å². The zero-order valence-corrected chi connectivity index (χ0v) is 12.5. The minimum atomic E-state index is 0.508. The molecule has 1 aromatic carbocycles. The van der Waals surface area contributed by atoms with Crippen molar-refractivity contribution in [1.29, 1.82) is 0 Å². The molecule has 1 heterocycles. The van der Waals surface area contributed by atoms with Gasteiger partial charge in [0.25, 0.3) is 0 Å². The summed E-state index contributed by atoms with van der Waals surface area (Å²) in [6.07, 6.45) is 4.70. The molecule has 0 aliphatic heterocycles. The molecule has 0 aliphatic carbocycles. The number of rotatable bonds is 8. The number of hydrogen-bond acceptors (Lipinski definition) is 4. The fourth-order valence-electron chi connectivity index (χ4n) is 2.11. The van der Waals surface area contributed by atoms with E-state index in [2.05, 4.69) is 29.1 Å². The maximum absolute atomic E-state index is 5.82. The van der Waals surface area contributed by atoms with Crippen LogP contribution in [-0.2, 0) is 13.0 Å². The molecular formula is C17H23N3O. The molecule has 1 aromatic heterocycles. The summed E-state index contributed by atoms with van der Waals surface area (Å²) in [6.45, 7) is 3.08. The molecule has 0 aliphatic rings. The van der Waals surface area contributed by atoms with Crippen LogP contribution in [0, 0.1) is 0 Å². The number of nitrogens with two attached hydrogens (primary N) is 1. The van der Waals surface area contributed by atoms with Crippen LogP contribution >= 0.6 is 0 Å². The third-order valence-corrected chi connectivity index (χ3v) is 3.45. The fourth-order valence-corrected chi connectivity index (χ4v) is 2.11. The second-order valence-electron chi connectivity index (χ2n) is 5.07. The summed E-state index contributed by atoms with van der Waals surface area (Å²) in [5.74, 6) is 0.891. The second-order valence-corrected chi connectivity index (χ2v) is 5.07. The van der Waals surface area contributed by atoms with Crippen molar-refractivity contribution in [3.63, 3.8) is 0 Å². The number of hydrogen-bond donors (Lipinski definition) is 1. The Labute approximate surface area is 126 Å². The Balaban J connectivity index is 1.70. The van der Waals surface area contributed by atoms with Gasteiger partial charge in [-0.3, -0.25) is 4.98 Å². The van der Waals surface area contributed by atoms with E-state index in [1.165, 1.54) is 5.56 Å². The number of ether oxygens (including phenoxy) is 1. The van der Waals surface area contributed by atoms with E-state index in [4.69, 9.17) is 10.5 Å². The van der Waals surface area contributed by atoms with Crippen molar-refractivity contribution < 1.29 is 4.74 Å². The monoisotopic (exact) mass is 285 g/mol. The minimum Gasteiger partial charge on any atom is -0.492 e. The lowest BCUT2D eigenvalue weighted by molar-refractivity contribution is 0.237. The second kappa shape index (κ2) is 8.39. The molecule has 4 nitrogen and oxygen atoms in total. The molecule has 2 N–H and O–H groups in total. The van der Waals surface area contributed by atoms with Gasteiger partial charge in [0.2, 0.25) is 0 Å². The van der Waals surface area contributed by atoms with Crippen LogP contribution < -0.4 is 10.5 Å². The van der Waals surface area contributed by atoms with Crippen LogP contribution in [0.4, 0.5) is 0 Å². The summed E-state index contributed by atoms with van der Waals surface area (Å²) in [5.41, 5.74) is 8.06. The summed E-state index contributed by atoms with van der Waals surface area (Å²) < 4.78 is 5.82. The Kier molecular flexibility index (Phi) is 6.19. The number of nitrogens with zero attached hydrogens (tertiary/aromatic N) is 2.